The highest BCUT2D eigenvalue weighted by atomic mass is 16.5. The minimum absolute atomic E-state index is 0.138. The van der Waals surface area contributed by atoms with Gasteiger partial charge in [-0.05, 0) is 37.8 Å². The zero-order chi connectivity index (χ0) is 16.6. The molecule has 0 fully saturated rings. The van der Waals surface area contributed by atoms with Gasteiger partial charge >= 0.3 is 0 Å². The summed E-state index contributed by atoms with van der Waals surface area (Å²) in [6, 6.07) is 7.60. The summed E-state index contributed by atoms with van der Waals surface area (Å²) in [5.41, 5.74) is 0.740. The number of nitrogens with one attached hydrogen (secondary N) is 1. The Morgan fingerprint density at radius 2 is 2.09 bits per heavy atom. The third kappa shape index (κ3) is 6.76. The molecule has 1 amide bonds. The smallest absolute Gasteiger partial charge is 0.244 e. The molecule has 4 heteroatoms. The van der Waals surface area contributed by atoms with Crippen LogP contribution in [0.25, 0.3) is 6.08 Å². The molecule has 0 bridgehead atoms. The van der Waals surface area contributed by atoms with E-state index in [-0.39, 0.29) is 17.4 Å². The summed E-state index contributed by atoms with van der Waals surface area (Å²) >= 11 is 0. The molecule has 4 nitrogen and oxygen atoms in total. The molecule has 2 N–H and O–H groups in total. The molecule has 0 aliphatic heterocycles. The number of carbonyl (C=O) groups excluding carboxylic acids is 1. The van der Waals surface area contributed by atoms with E-state index in [0.717, 1.165) is 11.3 Å². The van der Waals surface area contributed by atoms with Gasteiger partial charge in [-0.25, -0.2) is 0 Å². The molecule has 0 aliphatic carbocycles. The molecule has 0 spiro atoms. The molecule has 122 valence electrons. The van der Waals surface area contributed by atoms with Crippen molar-refractivity contribution in [2.75, 3.05) is 13.2 Å². The summed E-state index contributed by atoms with van der Waals surface area (Å²) in [6.45, 7) is 8.84. The Labute approximate surface area is 133 Å². The maximum Gasteiger partial charge on any atom is 0.244 e. The summed E-state index contributed by atoms with van der Waals surface area (Å²) in [4.78, 5) is 11.9. The number of hydrogen-bond acceptors (Lipinski definition) is 3. The second-order valence-electron chi connectivity index (χ2n) is 6.24. The van der Waals surface area contributed by atoms with E-state index in [4.69, 9.17) is 4.74 Å². The molecule has 0 saturated carbocycles. The van der Waals surface area contributed by atoms with Crippen molar-refractivity contribution in [3.05, 3.63) is 35.9 Å². The molecule has 1 rings (SSSR count). The van der Waals surface area contributed by atoms with Gasteiger partial charge in [-0.2, -0.15) is 0 Å². The van der Waals surface area contributed by atoms with Crippen molar-refractivity contribution in [3.63, 3.8) is 0 Å². The maximum atomic E-state index is 11.9. The summed E-state index contributed by atoms with van der Waals surface area (Å²) < 4.78 is 5.52. The molecule has 1 aromatic carbocycles. The fraction of sp³-hybridized carbons (Fsp3) is 0.500. The Hall–Kier alpha value is -1.81. The monoisotopic (exact) mass is 305 g/mol. The lowest BCUT2D eigenvalue weighted by Gasteiger charge is -2.26. The molecule has 0 aromatic heterocycles. The lowest BCUT2D eigenvalue weighted by molar-refractivity contribution is -0.117. The van der Waals surface area contributed by atoms with Crippen LogP contribution in [0, 0.1) is 5.41 Å². The van der Waals surface area contributed by atoms with Crippen molar-refractivity contribution in [2.24, 2.45) is 5.41 Å². The van der Waals surface area contributed by atoms with Crippen molar-refractivity contribution < 1.29 is 14.6 Å². The fourth-order valence-electron chi connectivity index (χ4n) is 2.33. The zero-order valence-electron chi connectivity index (χ0n) is 13.9. The Bertz CT molecular complexity index is 507. The number of rotatable bonds is 8. The number of aliphatic hydroxyl groups is 1. The summed E-state index contributed by atoms with van der Waals surface area (Å²) in [5.74, 6) is 0.619. The highest BCUT2D eigenvalue weighted by molar-refractivity contribution is 5.92. The lowest BCUT2D eigenvalue weighted by atomic mass is 9.87. The molecule has 22 heavy (non-hydrogen) atoms. The highest BCUT2D eigenvalue weighted by Gasteiger charge is 2.20. The van der Waals surface area contributed by atoms with E-state index in [0.29, 0.717) is 19.6 Å². The predicted molar refractivity (Wildman–Crippen MR) is 89.7 cm³/mol. The van der Waals surface area contributed by atoms with Crippen LogP contribution in [0.15, 0.2) is 30.3 Å². The number of ether oxygens (including phenoxy) is 1. The van der Waals surface area contributed by atoms with E-state index < -0.39 is 0 Å². The minimum atomic E-state index is -0.375. The van der Waals surface area contributed by atoms with E-state index in [1.54, 1.807) is 13.0 Å². The summed E-state index contributed by atoms with van der Waals surface area (Å²) in [7, 11) is 0. The first-order chi connectivity index (χ1) is 10.3. The van der Waals surface area contributed by atoms with Crippen molar-refractivity contribution in [1.29, 1.82) is 0 Å². The van der Waals surface area contributed by atoms with E-state index in [9.17, 15) is 9.90 Å². The van der Waals surface area contributed by atoms with Crippen molar-refractivity contribution in [2.45, 2.75) is 40.2 Å². The number of amides is 1. The lowest BCUT2D eigenvalue weighted by Crippen LogP contribution is -2.34. The Balaban J connectivity index is 2.58. The van der Waals surface area contributed by atoms with Crippen LogP contribution in [0.4, 0.5) is 0 Å². The van der Waals surface area contributed by atoms with Gasteiger partial charge in [0.25, 0.3) is 0 Å². The molecule has 1 unspecified atom stereocenters. The van der Waals surface area contributed by atoms with Crippen LogP contribution in [0.2, 0.25) is 0 Å². The fourth-order valence-corrected chi connectivity index (χ4v) is 2.33. The van der Waals surface area contributed by atoms with Gasteiger partial charge in [-0.1, -0.05) is 32.0 Å². The second kappa shape index (κ2) is 8.59. The van der Waals surface area contributed by atoms with E-state index >= 15 is 0 Å². The molecule has 0 heterocycles. The zero-order valence-corrected chi connectivity index (χ0v) is 13.9. The number of aliphatic hydroxyl groups excluding tert-OH is 1. The number of para-hydroxylation sites is 1. The molecule has 0 radical (unpaired) electrons. The van der Waals surface area contributed by atoms with Crippen LogP contribution in [0.3, 0.4) is 0 Å². The average molecular weight is 305 g/mol. The second-order valence-corrected chi connectivity index (χ2v) is 6.24. The third-order valence-corrected chi connectivity index (χ3v) is 3.22. The molecule has 1 atom stereocenters. The van der Waals surface area contributed by atoms with Crippen LogP contribution in [-0.4, -0.2) is 30.3 Å². The van der Waals surface area contributed by atoms with Gasteiger partial charge in [0.15, 0.2) is 0 Å². The van der Waals surface area contributed by atoms with Gasteiger partial charge in [0.2, 0.25) is 5.91 Å². The Morgan fingerprint density at radius 3 is 2.73 bits per heavy atom. The first-order valence-corrected chi connectivity index (χ1v) is 7.70. The number of carbonyl (C=O) groups is 1. The predicted octanol–water partition coefficient (Wildman–Crippen LogP) is 3.01. The van der Waals surface area contributed by atoms with Gasteiger partial charge < -0.3 is 15.2 Å². The van der Waals surface area contributed by atoms with Gasteiger partial charge in [-0.3, -0.25) is 4.79 Å². The van der Waals surface area contributed by atoms with Gasteiger partial charge in [0.05, 0.1) is 12.7 Å². The topological polar surface area (TPSA) is 58.6 Å². The number of benzene rings is 1. The minimum Gasteiger partial charge on any atom is -0.493 e. The van der Waals surface area contributed by atoms with Crippen LogP contribution in [0.1, 0.15) is 39.7 Å². The van der Waals surface area contributed by atoms with E-state index in [2.05, 4.69) is 5.32 Å². The largest absolute Gasteiger partial charge is 0.493 e. The molecular formula is C18H27NO3. The Morgan fingerprint density at radius 1 is 1.41 bits per heavy atom. The third-order valence-electron chi connectivity index (χ3n) is 3.22. The van der Waals surface area contributed by atoms with Crippen LogP contribution in [-0.2, 0) is 4.79 Å². The van der Waals surface area contributed by atoms with Crippen molar-refractivity contribution in [1.82, 2.24) is 5.32 Å². The van der Waals surface area contributed by atoms with Crippen molar-refractivity contribution >= 4 is 12.0 Å². The SMILES string of the molecule is CCOc1ccccc1/C=C/C(=O)NCC(C)(C)CC(C)O. The Kier molecular flexibility index (Phi) is 7.12. The van der Waals surface area contributed by atoms with Crippen molar-refractivity contribution in [3.8, 4) is 5.75 Å². The normalized spacial score (nSPS) is 13.1. The molecular weight excluding hydrogens is 278 g/mol. The molecule has 0 aliphatic rings. The van der Waals surface area contributed by atoms with Crippen LogP contribution < -0.4 is 10.1 Å². The number of hydrogen-bond donors (Lipinski definition) is 2. The average Bonchev–Trinajstić information content (AvgIpc) is 2.43. The van der Waals surface area contributed by atoms with E-state index in [1.807, 2.05) is 45.0 Å². The first-order valence-electron chi connectivity index (χ1n) is 7.70. The summed E-state index contributed by atoms with van der Waals surface area (Å²) in [6.07, 6.45) is 3.53. The van der Waals surface area contributed by atoms with Crippen LogP contribution >= 0.6 is 0 Å². The standard InChI is InChI=1S/C18H27NO3/c1-5-22-16-9-7-6-8-15(16)10-11-17(21)19-13-18(3,4)12-14(2)20/h6-11,14,20H,5,12-13H2,1-4H3,(H,19,21)/b11-10+. The van der Waals surface area contributed by atoms with Gasteiger partial charge in [-0.15, -0.1) is 0 Å². The van der Waals surface area contributed by atoms with Gasteiger partial charge in [0, 0.05) is 18.2 Å². The summed E-state index contributed by atoms with van der Waals surface area (Å²) in [5, 5.41) is 12.3. The first kappa shape index (κ1) is 18.2. The highest BCUT2D eigenvalue weighted by Crippen LogP contribution is 2.21. The van der Waals surface area contributed by atoms with E-state index in [1.165, 1.54) is 6.08 Å². The van der Waals surface area contributed by atoms with Crippen LogP contribution in [0.5, 0.6) is 5.75 Å². The maximum absolute atomic E-state index is 11.9. The molecule has 0 saturated heterocycles. The molecule has 1 aromatic rings. The quantitative estimate of drug-likeness (QED) is 0.726. The van der Waals surface area contributed by atoms with Gasteiger partial charge in [0.1, 0.15) is 5.75 Å².